The fraction of sp³-hybridized carbons (Fsp3) is 0.545. The second-order valence-electron chi connectivity index (χ2n) is 7.92. The molecule has 0 aliphatic carbocycles. The first kappa shape index (κ1) is 21.2. The quantitative estimate of drug-likeness (QED) is 0.741. The molecule has 0 N–H and O–H groups in total. The minimum atomic E-state index is -0.186. The summed E-state index contributed by atoms with van der Waals surface area (Å²) in [7, 11) is 2.01. The van der Waals surface area contributed by atoms with Crippen molar-refractivity contribution in [1.82, 2.24) is 19.6 Å². The molecule has 0 saturated heterocycles. The third-order valence-corrected chi connectivity index (χ3v) is 5.24. The van der Waals surface area contributed by atoms with Gasteiger partial charge in [0.05, 0.1) is 17.4 Å². The van der Waals surface area contributed by atoms with Crippen LogP contribution in [0.4, 0.5) is 0 Å². The molecule has 0 fully saturated rings. The average Bonchev–Trinajstić information content (AvgIpc) is 2.89. The number of aryl methyl sites for hydroxylation is 1. The average molecular weight is 371 g/mol. The summed E-state index contributed by atoms with van der Waals surface area (Å²) in [5.41, 5.74) is 4.37. The van der Waals surface area contributed by atoms with E-state index in [0.29, 0.717) is 6.54 Å². The van der Waals surface area contributed by atoms with Gasteiger partial charge >= 0.3 is 0 Å². The van der Waals surface area contributed by atoms with Crippen LogP contribution in [0.2, 0.25) is 0 Å². The van der Waals surface area contributed by atoms with Crippen molar-refractivity contribution in [2.24, 2.45) is 0 Å². The fourth-order valence-corrected chi connectivity index (χ4v) is 3.62. The van der Waals surface area contributed by atoms with Gasteiger partial charge in [0.15, 0.2) is 0 Å². The van der Waals surface area contributed by atoms with Gasteiger partial charge in [-0.3, -0.25) is 9.69 Å². The topological polar surface area (TPSA) is 41.4 Å². The second kappa shape index (κ2) is 8.70. The van der Waals surface area contributed by atoms with Crippen LogP contribution in [0.5, 0.6) is 0 Å². The molecule has 27 heavy (non-hydrogen) atoms. The van der Waals surface area contributed by atoms with Crippen molar-refractivity contribution in [1.29, 1.82) is 0 Å². The Kier molecular flexibility index (Phi) is 6.82. The molecule has 1 amide bonds. The lowest BCUT2D eigenvalue weighted by molar-refractivity contribution is -0.139. The molecule has 0 saturated carbocycles. The van der Waals surface area contributed by atoms with Crippen molar-refractivity contribution in [2.75, 3.05) is 7.05 Å². The molecule has 2 rings (SSSR count). The van der Waals surface area contributed by atoms with Gasteiger partial charge in [0.2, 0.25) is 5.91 Å². The van der Waals surface area contributed by atoms with Gasteiger partial charge in [-0.1, -0.05) is 18.2 Å². The molecule has 0 radical (unpaired) electrons. The van der Waals surface area contributed by atoms with Crippen molar-refractivity contribution in [3.8, 4) is 5.69 Å². The number of rotatable bonds is 7. The SMILES string of the molecule is Cc1nn(-c2ccccc2)c(C)c1CN(C)C(C)C(=O)N(C(C)C)C(C)C. The molecule has 1 heterocycles. The monoisotopic (exact) mass is 370 g/mol. The molecule has 1 unspecified atom stereocenters. The molecular formula is C22H34N4O. The van der Waals surface area contributed by atoms with Gasteiger partial charge in [-0.15, -0.1) is 0 Å². The maximum atomic E-state index is 13.0. The van der Waals surface area contributed by atoms with E-state index >= 15 is 0 Å². The zero-order valence-corrected chi connectivity index (χ0v) is 18.0. The summed E-state index contributed by atoms with van der Waals surface area (Å²) in [5.74, 6) is 0.174. The van der Waals surface area contributed by atoms with Gasteiger partial charge in [0.25, 0.3) is 0 Å². The summed E-state index contributed by atoms with van der Waals surface area (Å²) in [6.45, 7) is 15.1. The number of para-hydroxylation sites is 1. The summed E-state index contributed by atoms with van der Waals surface area (Å²) < 4.78 is 1.99. The number of carbonyl (C=O) groups excluding carboxylic acids is 1. The lowest BCUT2D eigenvalue weighted by Crippen LogP contribution is -2.50. The van der Waals surface area contributed by atoms with Gasteiger partial charge in [0, 0.05) is 29.9 Å². The Hall–Kier alpha value is -2.14. The highest BCUT2D eigenvalue weighted by atomic mass is 16.2. The minimum Gasteiger partial charge on any atom is -0.336 e. The van der Waals surface area contributed by atoms with E-state index in [1.807, 2.05) is 48.7 Å². The van der Waals surface area contributed by atoms with E-state index in [4.69, 9.17) is 5.10 Å². The Morgan fingerprint density at radius 2 is 1.59 bits per heavy atom. The smallest absolute Gasteiger partial charge is 0.240 e. The van der Waals surface area contributed by atoms with Gasteiger partial charge in [-0.05, 0) is 67.6 Å². The third kappa shape index (κ3) is 4.59. The van der Waals surface area contributed by atoms with Crippen LogP contribution in [0.1, 0.15) is 51.6 Å². The van der Waals surface area contributed by atoms with E-state index in [9.17, 15) is 4.79 Å². The maximum absolute atomic E-state index is 13.0. The molecule has 5 nitrogen and oxygen atoms in total. The van der Waals surface area contributed by atoms with Crippen molar-refractivity contribution in [2.45, 2.75) is 73.1 Å². The zero-order valence-electron chi connectivity index (χ0n) is 18.0. The predicted molar refractivity (Wildman–Crippen MR) is 111 cm³/mol. The first-order chi connectivity index (χ1) is 12.6. The number of hydrogen-bond donors (Lipinski definition) is 0. The maximum Gasteiger partial charge on any atom is 0.240 e. The number of amides is 1. The number of benzene rings is 1. The molecule has 0 bridgehead atoms. The van der Waals surface area contributed by atoms with Crippen LogP contribution in [0.3, 0.4) is 0 Å². The zero-order chi connectivity index (χ0) is 20.3. The van der Waals surface area contributed by atoms with Crippen LogP contribution >= 0.6 is 0 Å². The van der Waals surface area contributed by atoms with Crippen molar-refractivity contribution < 1.29 is 4.79 Å². The Balaban J connectivity index is 2.22. The molecule has 0 aliphatic rings. The fourth-order valence-electron chi connectivity index (χ4n) is 3.62. The van der Waals surface area contributed by atoms with Gasteiger partial charge < -0.3 is 4.90 Å². The van der Waals surface area contributed by atoms with E-state index in [1.165, 1.54) is 5.56 Å². The lowest BCUT2D eigenvalue weighted by atomic mass is 10.1. The number of carbonyl (C=O) groups is 1. The number of likely N-dealkylation sites (N-methyl/N-ethyl adjacent to an activating group) is 1. The van der Waals surface area contributed by atoms with Crippen LogP contribution in [0.15, 0.2) is 30.3 Å². The van der Waals surface area contributed by atoms with E-state index in [1.54, 1.807) is 0 Å². The number of hydrogen-bond acceptors (Lipinski definition) is 3. The molecule has 0 aliphatic heterocycles. The van der Waals surface area contributed by atoms with Crippen molar-refractivity contribution >= 4 is 5.91 Å². The van der Waals surface area contributed by atoms with Gasteiger partial charge in [-0.2, -0.15) is 5.10 Å². The highest BCUT2D eigenvalue weighted by molar-refractivity contribution is 5.82. The van der Waals surface area contributed by atoms with Crippen LogP contribution in [-0.2, 0) is 11.3 Å². The second-order valence-corrected chi connectivity index (χ2v) is 7.92. The van der Waals surface area contributed by atoms with Crippen molar-refractivity contribution in [3.05, 3.63) is 47.3 Å². The lowest BCUT2D eigenvalue weighted by Gasteiger charge is -2.35. The molecule has 0 spiro atoms. The summed E-state index contributed by atoms with van der Waals surface area (Å²) in [6.07, 6.45) is 0. The molecule has 1 aromatic carbocycles. The molecule has 148 valence electrons. The minimum absolute atomic E-state index is 0.174. The van der Waals surface area contributed by atoms with Gasteiger partial charge in [-0.25, -0.2) is 4.68 Å². The van der Waals surface area contributed by atoms with E-state index in [-0.39, 0.29) is 24.0 Å². The van der Waals surface area contributed by atoms with Crippen LogP contribution in [0, 0.1) is 13.8 Å². The summed E-state index contributed by atoms with van der Waals surface area (Å²) >= 11 is 0. The molecule has 1 aromatic heterocycles. The normalized spacial score (nSPS) is 12.9. The Labute approximate surface area is 164 Å². The van der Waals surface area contributed by atoms with Gasteiger partial charge in [0.1, 0.15) is 0 Å². The molecular weight excluding hydrogens is 336 g/mol. The first-order valence-corrected chi connectivity index (χ1v) is 9.78. The summed E-state index contributed by atoms with van der Waals surface area (Å²) in [5, 5.41) is 4.72. The highest BCUT2D eigenvalue weighted by Crippen LogP contribution is 2.20. The Morgan fingerprint density at radius 1 is 1.04 bits per heavy atom. The third-order valence-electron chi connectivity index (χ3n) is 5.24. The number of nitrogens with zero attached hydrogens (tertiary/aromatic N) is 4. The van der Waals surface area contributed by atoms with Crippen LogP contribution in [-0.4, -0.2) is 50.7 Å². The van der Waals surface area contributed by atoms with E-state index < -0.39 is 0 Å². The first-order valence-electron chi connectivity index (χ1n) is 9.78. The molecule has 1 atom stereocenters. The summed E-state index contributed by atoms with van der Waals surface area (Å²) in [6, 6.07) is 10.4. The van der Waals surface area contributed by atoms with Crippen LogP contribution < -0.4 is 0 Å². The molecule has 5 heteroatoms. The van der Waals surface area contributed by atoms with Crippen LogP contribution in [0.25, 0.3) is 5.69 Å². The Bertz CT molecular complexity index is 756. The van der Waals surface area contributed by atoms with Crippen molar-refractivity contribution in [3.63, 3.8) is 0 Å². The standard InChI is InChI=1S/C22H34N4O/c1-15(2)25(16(3)4)22(27)19(7)24(8)14-21-17(5)23-26(18(21)6)20-12-10-9-11-13-20/h9-13,15-16,19H,14H2,1-8H3. The largest absolute Gasteiger partial charge is 0.336 e. The molecule has 2 aromatic rings. The number of aromatic nitrogens is 2. The summed E-state index contributed by atoms with van der Waals surface area (Å²) in [4.78, 5) is 17.1. The van der Waals surface area contributed by atoms with E-state index in [0.717, 1.165) is 17.1 Å². The Morgan fingerprint density at radius 3 is 2.11 bits per heavy atom. The predicted octanol–water partition coefficient (Wildman–Crippen LogP) is 3.95. The van der Waals surface area contributed by atoms with E-state index in [2.05, 4.69) is 51.7 Å². The highest BCUT2D eigenvalue weighted by Gasteiger charge is 2.28.